The topological polar surface area (TPSA) is 54.7 Å². The molecule has 0 saturated carbocycles. The van der Waals surface area contributed by atoms with Crippen LogP contribution in [0.1, 0.15) is 37.3 Å². The Morgan fingerprint density at radius 3 is 2.57 bits per heavy atom. The van der Waals surface area contributed by atoms with E-state index in [1.165, 1.54) is 11.1 Å². The summed E-state index contributed by atoms with van der Waals surface area (Å²) in [5.41, 5.74) is 2.53. The number of aromatic nitrogens is 2. The number of imidazole rings is 1. The molecule has 35 heavy (non-hydrogen) atoms. The van der Waals surface area contributed by atoms with Crippen LogP contribution in [-0.2, 0) is 28.2 Å². The first-order valence-corrected chi connectivity index (χ1v) is 13.5. The summed E-state index contributed by atoms with van der Waals surface area (Å²) < 4.78 is 26.0. The first-order chi connectivity index (χ1) is 17.2. The maximum absolute atomic E-state index is 6.56. The molecule has 6 nitrogen and oxygen atoms in total. The molecule has 2 unspecified atom stereocenters. The number of nitrogens with zero attached hydrogens (tertiary/aromatic N) is 2. The van der Waals surface area contributed by atoms with Crippen molar-refractivity contribution in [1.82, 2.24) is 9.55 Å². The zero-order chi connectivity index (χ0) is 24.3. The van der Waals surface area contributed by atoms with Crippen molar-refractivity contribution in [2.24, 2.45) is 0 Å². The number of rotatable bonds is 14. The van der Waals surface area contributed by atoms with E-state index in [-0.39, 0.29) is 6.10 Å². The monoisotopic (exact) mass is 496 g/mol. The van der Waals surface area contributed by atoms with E-state index in [4.69, 9.17) is 18.9 Å². The summed E-state index contributed by atoms with van der Waals surface area (Å²) in [5, 5.41) is 0. The van der Waals surface area contributed by atoms with Crippen molar-refractivity contribution in [3.05, 3.63) is 78.4 Å². The lowest BCUT2D eigenvalue weighted by Gasteiger charge is -2.28. The van der Waals surface area contributed by atoms with E-state index in [1.54, 1.807) is 13.3 Å². The molecule has 1 fully saturated rings. The molecule has 0 aliphatic carbocycles. The Morgan fingerprint density at radius 2 is 1.86 bits per heavy atom. The van der Waals surface area contributed by atoms with Crippen LogP contribution in [0, 0.1) is 0 Å². The van der Waals surface area contributed by atoms with E-state index in [1.807, 2.05) is 41.0 Å². The lowest BCUT2D eigenvalue weighted by Crippen LogP contribution is -2.37. The molecule has 7 heteroatoms. The fraction of sp³-hybridized carbons (Fsp3) is 0.464. The average molecular weight is 497 g/mol. The summed E-state index contributed by atoms with van der Waals surface area (Å²) in [6.45, 7) is 4.19. The fourth-order valence-corrected chi connectivity index (χ4v) is 5.07. The minimum atomic E-state index is -0.649. The van der Waals surface area contributed by atoms with Crippen LogP contribution < -0.4 is 9.47 Å². The maximum Gasteiger partial charge on any atom is 0.187 e. The Kier molecular flexibility index (Phi) is 9.51. The van der Waals surface area contributed by atoms with Crippen LogP contribution >= 0.6 is 11.8 Å². The van der Waals surface area contributed by atoms with Gasteiger partial charge in [0.15, 0.2) is 5.79 Å². The zero-order valence-electron chi connectivity index (χ0n) is 20.7. The third-order valence-corrected chi connectivity index (χ3v) is 7.26. The van der Waals surface area contributed by atoms with E-state index in [0.29, 0.717) is 13.2 Å². The first-order valence-electron chi connectivity index (χ1n) is 12.4. The standard InChI is InChI=1S/C28H36N2O4S/c1-3-4-17-32-26-11-7-24(8-12-26)19-35-20-27-18-33-28(34-27,21-30-16-15-29-22-30)14-13-23-5-9-25(31-2)10-6-23/h5-12,15-16,22,27H,3-4,13-14,17-21H2,1-2H3. The molecule has 4 rings (SSSR count). The Bertz CT molecular complexity index is 995. The van der Waals surface area contributed by atoms with Crippen LogP contribution in [-0.4, -0.2) is 47.5 Å². The molecular weight excluding hydrogens is 460 g/mol. The molecule has 0 bridgehead atoms. The number of unbranched alkanes of at least 4 members (excludes halogenated alkanes) is 1. The Morgan fingerprint density at radius 1 is 1.09 bits per heavy atom. The second-order valence-electron chi connectivity index (χ2n) is 8.91. The number of hydrogen-bond donors (Lipinski definition) is 0. The van der Waals surface area contributed by atoms with Gasteiger partial charge in [-0.1, -0.05) is 37.6 Å². The first kappa shape index (κ1) is 25.6. The van der Waals surface area contributed by atoms with Gasteiger partial charge in [0.25, 0.3) is 0 Å². The molecule has 1 aliphatic heterocycles. The summed E-state index contributed by atoms with van der Waals surface area (Å²) in [7, 11) is 1.69. The number of aryl methyl sites for hydroxylation is 1. The molecule has 2 atom stereocenters. The molecule has 1 aromatic heterocycles. The normalized spacial score (nSPS) is 19.7. The van der Waals surface area contributed by atoms with Crippen LogP contribution in [0.5, 0.6) is 11.5 Å². The molecule has 0 spiro atoms. The van der Waals surface area contributed by atoms with Crippen molar-refractivity contribution in [2.45, 2.75) is 56.8 Å². The van der Waals surface area contributed by atoms with Crippen LogP contribution in [0.2, 0.25) is 0 Å². The van der Waals surface area contributed by atoms with Crippen molar-refractivity contribution in [3.8, 4) is 11.5 Å². The molecule has 2 heterocycles. The fourth-order valence-electron chi connectivity index (χ4n) is 4.10. The lowest BCUT2D eigenvalue weighted by molar-refractivity contribution is -0.180. The second-order valence-corrected chi connectivity index (χ2v) is 9.94. The minimum Gasteiger partial charge on any atom is -0.497 e. The van der Waals surface area contributed by atoms with Gasteiger partial charge < -0.3 is 23.5 Å². The molecule has 0 amide bonds. The highest BCUT2D eigenvalue weighted by Crippen LogP contribution is 2.33. The molecule has 3 aromatic rings. The van der Waals surface area contributed by atoms with Gasteiger partial charge in [-0.3, -0.25) is 0 Å². The predicted molar refractivity (Wildman–Crippen MR) is 140 cm³/mol. The van der Waals surface area contributed by atoms with Crippen LogP contribution in [0.4, 0.5) is 0 Å². The summed E-state index contributed by atoms with van der Waals surface area (Å²) in [4.78, 5) is 4.19. The quantitative estimate of drug-likeness (QED) is 0.265. The summed E-state index contributed by atoms with van der Waals surface area (Å²) >= 11 is 1.88. The smallest absolute Gasteiger partial charge is 0.187 e. The highest BCUT2D eigenvalue weighted by atomic mass is 32.2. The van der Waals surface area contributed by atoms with Gasteiger partial charge in [-0.25, -0.2) is 4.98 Å². The van der Waals surface area contributed by atoms with Crippen LogP contribution in [0.3, 0.4) is 0 Å². The third-order valence-electron chi connectivity index (χ3n) is 6.11. The van der Waals surface area contributed by atoms with Crippen LogP contribution in [0.25, 0.3) is 0 Å². The van der Waals surface area contributed by atoms with Gasteiger partial charge in [0.05, 0.1) is 39.3 Å². The minimum absolute atomic E-state index is 0.0658. The largest absolute Gasteiger partial charge is 0.497 e. The van der Waals surface area contributed by atoms with Crippen molar-refractivity contribution in [2.75, 3.05) is 26.1 Å². The maximum atomic E-state index is 6.56. The molecule has 0 N–H and O–H groups in total. The Balaban J connectivity index is 1.28. The van der Waals surface area contributed by atoms with Gasteiger partial charge in [0.1, 0.15) is 11.5 Å². The van der Waals surface area contributed by atoms with Gasteiger partial charge in [-0.05, 0) is 48.2 Å². The van der Waals surface area contributed by atoms with Crippen molar-refractivity contribution in [1.29, 1.82) is 0 Å². The number of ether oxygens (including phenoxy) is 4. The predicted octanol–water partition coefficient (Wildman–Crippen LogP) is 5.75. The number of hydrogen-bond acceptors (Lipinski definition) is 6. The summed E-state index contributed by atoms with van der Waals surface area (Å²) in [6, 6.07) is 16.6. The summed E-state index contributed by atoms with van der Waals surface area (Å²) in [5.74, 6) is 2.99. The van der Waals surface area contributed by atoms with Crippen LogP contribution in [0.15, 0.2) is 67.3 Å². The van der Waals surface area contributed by atoms with Crippen molar-refractivity contribution in [3.63, 3.8) is 0 Å². The van der Waals surface area contributed by atoms with Gasteiger partial charge in [-0.15, -0.1) is 0 Å². The van der Waals surface area contributed by atoms with Gasteiger partial charge in [-0.2, -0.15) is 11.8 Å². The Labute approximate surface area is 213 Å². The van der Waals surface area contributed by atoms with E-state index < -0.39 is 5.79 Å². The molecule has 2 aromatic carbocycles. The summed E-state index contributed by atoms with van der Waals surface area (Å²) in [6.07, 6.45) is 9.51. The number of benzene rings is 2. The highest BCUT2D eigenvalue weighted by molar-refractivity contribution is 7.98. The van der Waals surface area contributed by atoms with Gasteiger partial charge in [0, 0.05) is 30.3 Å². The lowest BCUT2D eigenvalue weighted by atomic mass is 10.0. The van der Waals surface area contributed by atoms with Crippen molar-refractivity contribution < 1.29 is 18.9 Å². The van der Waals surface area contributed by atoms with Gasteiger partial charge in [0.2, 0.25) is 0 Å². The molecular formula is C28H36N2O4S. The molecule has 0 radical (unpaired) electrons. The SMILES string of the molecule is CCCCOc1ccc(CSCC2COC(CCc3ccc(OC)cc3)(Cn3ccnc3)O2)cc1. The van der Waals surface area contributed by atoms with E-state index in [9.17, 15) is 0 Å². The number of thioether (sulfide) groups is 1. The number of methoxy groups -OCH3 is 1. The van der Waals surface area contributed by atoms with Gasteiger partial charge >= 0.3 is 0 Å². The van der Waals surface area contributed by atoms with Crippen molar-refractivity contribution >= 4 is 11.8 Å². The highest BCUT2D eigenvalue weighted by Gasteiger charge is 2.41. The van der Waals surface area contributed by atoms with E-state index in [2.05, 4.69) is 48.3 Å². The molecule has 188 valence electrons. The molecule has 1 saturated heterocycles. The second kappa shape index (κ2) is 13.0. The van der Waals surface area contributed by atoms with E-state index in [0.717, 1.165) is 55.3 Å². The zero-order valence-corrected chi connectivity index (χ0v) is 21.5. The Hall–Kier alpha value is -2.48. The van der Waals surface area contributed by atoms with E-state index >= 15 is 0 Å². The molecule has 1 aliphatic rings. The average Bonchev–Trinajstić information content (AvgIpc) is 3.55. The third kappa shape index (κ3) is 7.75.